The van der Waals surface area contributed by atoms with Gasteiger partial charge < -0.3 is 5.32 Å². The van der Waals surface area contributed by atoms with Crippen molar-refractivity contribution in [1.82, 2.24) is 15.2 Å². The smallest absolute Gasteiger partial charge is 0.0572 e. The van der Waals surface area contributed by atoms with Crippen molar-refractivity contribution in [1.29, 1.82) is 0 Å². The van der Waals surface area contributed by atoms with Crippen LogP contribution in [0.2, 0.25) is 0 Å². The molecule has 0 aromatic carbocycles. The molecule has 0 saturated carbocycles. The van der Waals surface area contributed by atoms with Gasteiger partial charge in [-0.05, 0) is 31.4 Å². The molecule has 0 radical (unpaired) electrons. The number of aromatic nitrogens is 1. The summed E-state index contributed by atoms with van der Waals surface area (Å²) in [6.45, 7) is 11.4. The maximum Gasteiger partial charge on any atom is 0.0572 e. The molecule has 0 bridgehead atoms. The van der Waals surface area contributed by atoms with E-state index in [-0.39, 0.29) is 0 Å². The number of rotatable bonds is 5. The second-order valence-electron chi connectivity index (χ2n) is 6.09. The lowest BCUT2D eigenvalue weighted by Gasteiger charge is -2.45. The van der Waals surface area contributed by atoms with E-state index in [2.05, 4.69) is 55.0 Å². The van der Waals surface area contributed by atoms with Gasteiger partial charge in [-0.15, -0.1) is 0 Å². The molecule has 4 atom stereocenters. The van der Waals surface area contributed by atoms with Gasteiger partial charge in [0.2, 0.25) is 0 Å². The number of hydrogen-bond acceptors (Lipinski definition) is 3. The van der Waals surface area contributed by atoms with Crippen LogP contribution in [0.15, 0.2) is 24.4 Å². The fraction of sp³-hybridized carbons (Fsp3) is 0.706. The van der Waals surface area contributed by atoms with E-state index in [1.54, 1.807) is 0 Å². The lowest BCUT2D eigenvalue weighted by Crippen LogP contribution is -2.58. The molecule has 0 amide bonds. The maximum atomic E-state index is 4.55. The van der Waals surface area contributed by atoms with Crippen LogP contribution in [0.1, 0.15) is 52.3 Å². The third kappa shape index (κ3) is 3.39. The van der Waals surface area contributed by atoms with Crippen LogP contribution in [0.25, 0.3) is 0 Å². The highest BCUT2D eigenvalue weighted by Crippen LogP contribution is 2.26. The molecule has 112 valence electrons. The molecule has 0 spiro atoms. The zero-order valence-corrected chi connectivity index (χ0v) is 13.3. The van der Waals surface area contributed by atoms with Crippen LogP contribution in [0.4, 0.5) is 0 Å². The number of nitrogens with one attached hydrogen (secondary N) is 1. The van der Waals surface area contributed by atoms with E-state index in [1.807, 2.05) is 12.3 Å². The molecular formula is C17H29N3. The Labute approximate surface area is 123 Å². The van der Waals surface area contributed by atoms with Crippen LogP contribution in [-0.4, -0.2) is 35.1 Å². The summed E-state index contributed by atoms with van der Waals surface area (Å²) in [6.07, 6.45) is 4.33. The predicted octanol–water partition coefficient (Wildman–Crippen LogP) is 3.24. The van der Waals surface area contributed by atoms with Crippen LogP contribution >= 0.6 is 0 Å². The van der Waals surface area contributed by atoms with Crippen LogP contribution in [-0.2, 0) is 0 Å². The van der Waals surface area contributed by atoms with Crippen molar-refractivity contribution >= 4 is 0 Å². The second-order valence-corrected chi connectivity index (χ2v) is 6.09. The fourth-order valence-corrected chi connectivity index (χ4v) is 3.16. The van der Waals surface area contributed by atoms with Crippen LogP contribution < -0.4 is 5.32 Å². The lowest BCUT2D eigenvalue weighted by atomic mass is 9.93. The highest BCUT2D eigenvalue weighted by Gasteiger charge is 2.32. The number of nitrogens with zero attached hydrogens (tertiary/aromatic N) is 2. The molecule has 1 aromatic rings. The van der Waals surface area contributed by atoms with E-state index < -0.39 is 0 Å². The summed E-state index contributed by atoms with van der Waals surface area (Å²) < 4.78 is 0. The van der Waals surface area contributed by atoms with Gasteiger partial charge in [-0.3, -0.25) is 9.88 Å². The quantitative estimate of drug-likeness (QED) is 0.894. The highest BCUT2D eigenvalue weighted by atomic mass is 15.3. The van der Waals surface area contributed by atoms with Gasteiger partial charge in [0, 0.05) is 37.4 Å². The van der Waals surface area contributed by atoms with Crippen molar-refractivity contribution in [3.05, 3.63) is 30.1 Å². The van der Waals surface area contributed by atoms with Gasteiger partial charge in [-0.1, -0.05) is 33.3 Å². The van der Waals surface area contributed by atoms with Crippen LogP contribution in [0.5, 0.6) is 0 Å². The monoisotopic (exact) mass is 275 g/mol. The molecule has 1 aliphatic heterocycles. The average Bonchev–Trinajstić information content (AvgIpc) is 2.53. The summed E-state index contributed by atoms with van der Waals surface area (Å²) in [5, 5.41) is 3.75. The molecular weight excluding hydrogens is 246 g/mol. The van der Waals surface area contributed by atoms with Crippen molar-refractivity contribution in [2.24, 2.45) is 5.92 Å². The van der Waals surface area contributed by atoms with E-state index in [4.69, 9.17) is 0 Å². The minimum atomic E-state index is 0.398. The average molecular weight is 275 g/mol. The topological polar surface area (TPSA) is 28.2 Å². The largest absolute Gasteiger partial charge is 0.311 e. The van der Waals surface area contributed by atoms with Crippen molar-refractivity contribution in [2.75, 3.05) is 13.1 Å². The first kappa shape index (κ1) is 15.5. The Hall–Kier alpha value is -0.930. The second kappa shape index (κ2) is 7.19. The van der Waals surface area contributed by atoms with Gasteiger partial charge in [0.05, 0.1) is 5.69 Å². The minimum absolute atomic E-state index is 0.398. The van der Waals surface area contributed by atoms with Crippen LogP contribution in [0.3, 0.4) is 0 Å². The minimum Gasteiger partial charge on any atom is -0.311 e. The van der Waals surface area contributed by atoms with E-state index in [0.717, 1.165) is 19.0 Å². The molecule has 1 aliphatic rings. The summed E-state index contributed by atoms with van der Waals surface area (Å²) in [5.74, 6) is 0.728. The number of hydrogen-bond donors (Lipinski definition) is 1. The van der Waals surface area contributed by atoms with Crippen molar-refractivity contribution in [3.63, 3.8) is 0 Å². The number of piperazine rings is 1. The Morgan fingerprint density at radius 2 is 2.15 bits per heavy atom. The first-order valence-corrected chi connectivity index (χ1v) is 8.07. The Bertz CT molecular complexity index is 392. The Kier molecular flexibility index (Phi) is 5.55. The normalized spacial score (nSPS) is 27.2. The van der Waals surface area contributed by atoms with E-state index in [0.29, 0.717) is 18.1 Å². The van der Waals surface area contributed by atoms with Crippen LogP contribution in [0, 0.1) is 5.92 Å². The maximum absolute atomic E-state index is 4.55. The van der Waals surface area contributed by atoms with Gasteiger partial charge in [-0.25, -0.2) is 0 Å². The molecule has 20 heavy (non-hydrogen) atoms. The predicted molar refractivity (Wildman–Crippen MR) is 84.7 cm³/mol. The fourth-order valence-electron chi connectivity index (χ4n) is 3.16. The SMILES string of the molecule is CCC(C)C1CN(C(C)c2ccccn2)C(CC)CN1. The van der Waals surface area contributed by atoms with Gasteiger partial charge in [0.25, 0.3) is 0 Å². The first-order chi connectivity index (χ1) is 9.67. The molecule has 1 aromatic heterocycles. The Morgan fingerprint density at radius 3 is 2.75 bits per heavy atom. The van der Waals surface area contributed by atoms with Gasteiger partial charge in [0.1, 0.15) is 0 Å². The molecule has 2 rings (SSSR count). The van der Waals surface area contributed by atoms with E-state index in [1.165, 1.54) is 18.5 Å². The Balaban J connectivity index is 2.12. The molecule has 2 heterocycles. The first-order valence-electron chi connectivity index (χ1n) is 8.07. The van der Waals surface area contributed by atoms with Gasteiger partial charge in [0.15, 0.2) is 0 Å². The van der Waals surface area contributed by atoms with Crippen molar-refractivity contribution in [3.8, 4) is 0 Å². The molecule has 1 N–H and O–H groups in total. The van der Waals surface area contributed by atoms with Crippen molar-refractivity contribution < 1.29 is 0 Å². The summed E-state index contributed by atoms with van der Waals surface area (Å²) in [5.41, 5.74) is 1.19. The molecule has 3 nitrogen and oxygen atoms in total. The standard InChI is InChI=1S/C17H29N3/c1-5-13(3)17-12-20(15(6-2)11-19-17)14(4)16-9-7-8-10-18-16/h7-10,13-15,17,19H,5-6,11-12H2,1-4H3. The summed E-state index contributed by atoms with van der Waals surface area (Å²) in [4.78, 5) is 7.20. The van der Waals surface area contributed by atoms with Crippen molar-refractivity contribution in [2.45, 2.75) is 58.7 Å². The third-order valence-electron chi connectivity index (χ3n) is 4.91. The summed E-state index contributed by atoms with van der Waals surface area (Å²) in [7, 11) is 0. The zero-order valence-electron chi connectivity index (χ0n) is 13.3. The highest BCUT2D eigenvalue weighted by molar-refractivity contribution is 5.09. The summed E-state index contributed by atoms with van der Waals surface area (Å²) in [6, 6.07) is 7.86. The molecule has 0 aliphatic carbocycles. The Morgan fingerprint density at radius 1 is 1.35 bits per heavy atom. The zero-order chi connectivity index (χ0) is 14.5. The van der Waals surface area contributed by atoms with E-state index in [9.17, 15) is 0 Å². The molecule has 4 unspecified atom stereocenters. The van der Waals surface area contributed by atoms with Gasteiger partial charge in [-0.2, -0.15) is 0 Å². The summed E-state index contributed by atoms with van der Waals surface area (Å²) >= 11 is 0. The van der Waals surface area contributed by atoms with Gasteiger partial charge >= 0.3 is 0 Å². The molecule has 1 fully saturated rings. The lowest BCUT2D eigenvalue weighted by molar-refractivity contribution is 0.0690. The number of pyridine rings is 1. The third-order valence-corrected chi connectivity index (χ3v) is 4.91. The molecule has 1 saturated heterocycles. The van der Waals surface area contributed by atoms with E-state index >= 15 is 0 Å². The molecule has 3 heteroatoms.